The fraction of sp³-hybridized carbons (Fsp3) is 0.500. The summed E-state index contributed by atoms with van der Waals surface area (Å²) in [6.07, 6.45) is 3.62. The van der Waals surface area contributed by atoms with Crippen molar-refractivity contribution in [1.29, 1.82) is 0 Å². The molecule has 4 heteroatoms. The first-order valence-corrected chi connectivity index (χ1v) is 4.10. The number of hydrogen-bond donors (Lipinski definition) is 1. The number of aryl methyl sites for hydroxylation is 1. The average Bonchev–Trinajstić information content (AvgIpc) is 2.58. The van der Waals surface area contributed by atoms with Crippen LogP contribution in [-0.4, -0.2) is 29.7 Å². The molecule has 0 bridgehead atoms. The number of aromatic nitrogens is 2. The lowest BCUT2D eigenvalue weighted by atomic mass is 10.5. The Labute approximate surface area is 71.6 Å². The minimum Gasteiger partial charge on any atom is -0.341 e. The molecule has 64 valence electrons. The molecule has 1 saturated heterocycles. The smallest absolute Gasteiger partial charge is 0.148 e. The van der Waals surface area contributed by atoms with Gasteiger partial charge in [-0.25, -0.2) is 4.98 Å². The predicted molar refractivity (Wildman–Crippen MR) is 47.0 cm³/mol. The number of anilines is 1. The molecule has 0 unspecified atom stereocenters. The Morgan fingerprint density at radius 3 is 2.92 bits per heavy atom. The first-order chi connectivity index (χ1) is 5.86. The monoisotopic (exact) mass is 164 g/mol. The molecule has 2 heterocycles. The van der Waals surface area contributed by atoms with Crippen molar-refractivity contribution in [3.63, 3.8) is 0 Å². The van der Waals surface area contributed by atoms with Gasteiger partial charge in [-0.15, -0.1) is 0 Å². The number of rotatable bonds is 1. The van der Waals surface area contributed by atoms with Crippen LogP contribution < -0.4 is 10.2 Å². The van der Waals surface area contributed by atoms with Gasteiger partial charge in [-0.05, 0) is 6.92 Å². The Balaban J connectivity index is 2.17. The van der Waals surface area contributed by atoms with Crippen LogP contribution in [0.25, 0.3) is 0 Å². The highest BCUT2D eigenvalue weighted by Crippen LogP contribution is 2.08. The van der Waals surface area contributed by atoms with E-state index >= 15 is 0 Å². The Morgan fingerprint density at radius 1 is 1.42 bits per heavy atom. The maximum atomic E-state index is 4.28. The van der Waals surface area contributed by atoms with Gasteiger partial charge in [-0.2, -0.15) is 0 Å². The molecule has 0 spiro atoms. The highest BCUT2D eigenvalue weighted by atomic mass is 15.3. The van der Waals surface area contributed by atoms with Crippen LogP contribution >= 0.6 is 0 Å². The van der Waals surface area contributed by atoms with E-state index in [0.717, 1.165) is 31.3 Å². The van der Waals surface area contributed by atoms with Crippen molar-refractivity contribution in [3.8, 4) is 0 Å². The van der Waals surface area contributed by atoms with Crippen LogP contribution in [0.3, 0.4) is 0 Å². The van der Waals surface area contributed by atoms with E-state index in [1.165, 1.54) is 0 Å². The van der Waals surface area contributed by atoms with Gasteiger partial charge in [0.1, 0.15) is 5.82 Å². The van der Waals surface area contributed by atoms with Gasteiger partial charge in [-0.1, -0.05) is 0 Å². The van der Waals surface area contributed by atoms with Gasteiger partial charge in [0.2, 0.25) is 0 Å². The van der Waals surface area contributed by atoms with E-state index < -0.39 is 0 Å². The normalized spacial score (nSPS) is 16.9. The van der Waals surface area contributed by atoms with Crippen LogP contribution in [0, 0.1) is 6.92 Å². The van der Waals surface area contributed by atoms with Crippen LogP contribution in [0.15, 0.2) is 12.4 Å². The molecule has 1 aliphatic heterocycles. The molecule has 0 aromatic carbocycles. The summed E-state index contributed by atoms with van der Waals surface area (Å²) >= 11 is 0. The molecule has 12 heavy (non-hydrogen) atoms. The van der Waals surface area contributed by atoms with Gasteiger partial charge in [0.15, 0.2) is 0 Å². The molecule has 1 aliphatic rings. The maximum absolute atomic E-state index is 4.28. The maximum Gasteiger partial charge on any atom is 0.148 e. The highest BCUT2D eigenvalue weighted by molar-refractivity contribution is 5.36. The quantitative estimate of drug-likeness (QED) is 0.641. The zero-order chi connectivity index (χ0) is 8.39. The van der Waals surface area contributed by atoms with E-state index in [-0.39, 0.29) is 0 Å². The Kier molecular flexibility index (Phi) is 1.91. The molecule has 1 fully saturated rings. The standard InChI is InChI=1S/C8H12N4/c1-7-4-11-8(5-10-7)12-3-2-9-6-12/h4-5,9H,2-3,6H2,1H3. The molecule has 1 aromatic heterocycles. The zero-order valence-electron chi connectivity index (χ0n) is 7.12. The van der Waals surface area contributed by atoms with Gasteiger partial charge in [-0.3, -0.25) is 10.3 Å². The fourth-order valence-electron chi connectivity index (χ4n) is 1.25. The molecule has 0 radical (unpaired) electrons. The summed E-state index contributed by atoms with van der Waals surface area (Å²) in [5.74, 6) is 0.964. The van der Waals surface area contributed by atoms with Crippen LogP contribution in [0.2, 0.25) is 0 Å². The van der Waals surface area contributed by atoms with Crippen LogP contribution in [0.4, 0.5) is 5.82 Å². The second-order valence-electron chi connectivity index (χ2n) is 2.94. The molecular formula is C8H12N4. The first-order valence-electron chi connectivity index (χ1n) is 4.10. The lowest BCUT2D eigenvalue weighted by Gasteiger charge is -2.13. The molecule has 0 aliphatic carbocycles. The van der Waals surface area contributed by atoms with Gasteiger partial charge in [0, 0.05) is 13.1 Å². The van der Waals surface area contributed by atoms with Gasteiger partial charge in [0.05, 0.1) is 24.8 Å². The molecular weight excluding hydrogens is 152 g/mol. The molecule has 1 N–H and O–H groups in total. The summed E-state index contributed by atoms with van der Waals surface area (Å²) in [7, 11) is 0. The van der Waals surface area contributed by atoms with Crippen molar-refractivity contribution in [2.75, 3.05) is 24.7 Å². The second-order valence-corrected chi connectivity index (χ2v) is 2.94. The Bertz CT molecular complexity index is 250. The lowest BCUT2D eigenvalue weighted by molar-refractivity contribution is 0.846. The third kappa shape index (κ3) is 1.38. The largest absolute Gasteiger partial charge is 0.341 e. The minimum atomic E-state index is 0.887. The molecule has 0 saturated carbocycles. The summed E-state index contributed by atoms with van der Waals surface area (Å²) < 4.78 is 0. The summed E-state index contributed by atoms with van der Waals surface area (Å²) in [4.78, 5) is 10.6. The molecule has 2 rings (SSSR count). The second kappa shape index (κ2) is 3.06. The topological polar surface area (TPSA) is 41.1 Å². The van der Waals surface area contributed by atoms with Crippen molar-refractivity contribution < 1.29 is 0 Å². The Hall–Kier alpha value is -1.16. The highest BCUT2D eigenvalue weighted by Gasteiger charge is 2.11. The van der Waals surface area contributed by atoms with Crippen LogP contribution in [0.1, 0.15) is 5.69 Å². The van der Waals surface area contributed by atoms with Crippen molar-refractivity contribution in [2.24, 2.45) is 0 Å². The van der Waals surface area contributed by atoms with E-state index in [0.29, 0.717) is 0 Å². The molecule has 1 aromatic rings. The van der Waals surface area contributed by atoms with Gasteiger partial charge < -0.3 is 4.90 Å². The fourth-order valence-corrected chi connectivity index (χ4v) is 1.25. The van der Waals surface area contributed by atoms with E-state index in [9.17, 15) is 0 Å². The van der Waals surface area contributed by atoms with Crippen LogP contribution in [0.5, 0.6) is 0 Å². The first kappa shape index (κ1) is 7.49. The van der Waals surface area contributed by atoms with Crippen molar-refractivity contribution in [1.82, 2.24) is 15.3 Å². The summed E-state index contributed by atoms with van der Waals surface area (Å²) in [6.45, 7) is 4.89. The van der Waals surface area contributed by atoms with Crippen molar-refractivity contribution in [2.45, 2.75) is 6.92 Å². The Morgan fingerprint density at radius 2 is 2.33 bits per heavy atom. The third-order valence-electron chi connectivity index (χ3n) is 1.95. The summed E-state index contributed by atoms with van der Waals surface area (Å²) in [5.41, 5.74) is 0.964. The van der Waals surface area contributed by atoms with Gasteiger partial charge >= 0.3 is 0 Å². The zero-order valence-corrected chi connectivity index (χ0v) is 7.12. The van der Waals surface area contributed by atoms with E-state index in [4.69, 9.17) is 0 Å². The van der Waals surface area contributed by atoms with Crippen molar-refractivity contribution >= 4 is 5.82 Å². The summed E-state index contributed by atoms with van der Waals surface area (Å²) in [6, 6.07) is 0. The van der Waals surface area contributed by atoms with E-state index in [1.54, 1.807) is 6.20 Å². The summed E-state index contributed by atoms with van der Waals surface area (Å²) in [5, 5.41) is 3.24. The predicted octanol–water partition coefficient (Wildman–Crippen LogP) is 0.152. The number of hydrogen-bond acceptors (Lipinski definition) is 4. The number of nitrogens with zero attached hydrogens (tertiary/aromatic N) is 3. The van der Waals surface area contributed by atoms with Crippen LogP contribution in [-0.2, 0) is 0 Å². The average molecular weight is 164 g/mol. The number of nitrogens with one attached hydrogen (secondary N) is 1. The van der Waals surface area contributed by atoms with Crippen molar-refractivity contribution in [3.05, 3.63) is 18.1 Å². The van der Waals surface area contributed by atoms with Gasteiger partial charge in [0.25, 0.3) is 0 Å². The SMILES string of the molecule is Cc1cnc(N2CCNC2)cn1. The third-order valence-corrected chi connectivity index (χ3v) is 1.95. The molecule has 0 amide bonds. The van der Waals surface area contributed by atoms with E-state index in [2.05, 4.69) is 20.2 Å². The molecule has 0 atom stereocenters. The minimum absolute atomic E-state index is 0.887. The lowest BCUT2D eigenvalue weighted by Crippen LogP contribution is -2.22. The van der Waals surface area contributed by atoms with E-state index in [1.807, 2.05) is 13.1 Å². The molecule has 4 nitrogen and oxygen atoms in total.